The predicted octanol–water partition coefficient (Wildman–Crippen LogP) is 3.95. The number of nitrogens with zero attached hydrogens (tertiary/aromatic N) is 1. The van der Waals surface area contributed by atoms with Gasteiger partial charge in [0, 0.05) is 18.2 Å². The molecule has 2 aromatic rings. The number of ether oxygens (including phenoxy) is 1. The second kappa shape index (κ2) is 7.66. The number of anilines is 1. The summed E-state index contributed by atoms with van der Waals surface area (Å²) >= 11 is 0. The van der Waals surface area contributed by atoms with Crippen LogP contribution in [0.5, 0.6) is 11.6 Å². The van der Waals surface area contributed by atoms with Crippen LogP contribution in [0.1, 0.15) is 36.8 Å². The van der Waals surface area contributed by atoms with Crippen LogP contribution in [-0.2, 0) is 4.79 Å². The minimum absolute atomic E-state index is 0.00559. The summed E-state index contributed by atoms with van der Waals surface area (Å²) in [7, 11) is 0. The molecule has 2 unspecified atom stereocenters. The average Bonchev–Trinajstić information content (AvgIpc) is 2.60. The van der Waals surface area contributed by atoms with E-state index in [-0.39, 0.29) is 17.9 Å². The predicted molar refractivity (Wildman–Crippen MR) is 98.8 cm³/mol. The van der Waals surface area contributed by atoms with E-state index in [9.17, 15) is 4.79 Å². The zero-order valence-corrected chi connectivity index (χ0v) is 14.8. The van der Waals surface area contributed by atoms with Crippen molar-refractivity contribution >= 4 is 11.6 Å². The molecule has 3 N–H and O–H groups in total. The van der Waals surface area contributed by atoms with Gasteiger partial charge in [-0.3, -0.25) is 4.79 Å². The van der Waals surface area contributed by atoms with Gasteiger partial charge in [-0.15, -0.1) is 0 Å². The van der Waals surface area contributed by atoms with Crippen LogP contribution >= 0.6 is 0 Å². The summed E-state index contributed by atoms with van der Waals surface area (Å²) in [6.45, 7) is 4.05. The van der Waals surface area contributed by atoms with Crippen molar-refractivity contribution in [1.82, 2.24) is 4.98 Å². The molecule has 3 rings (SSSR count). The largest absolute Gasteiger partial charge is 0.437 e. The van der Waals surface area contributed by atoms with Gasteiger partial charge in [0.15, 0.2) is 0 Å². The minimum Gasteiger partial charge on any atom is -0.437 e. The first-order valence-corrected chi connectivity index (χ1v) is 8.80. The van der Waals surface area contributed by atoms with Gasteiger partial charge >= 0.3 is 0 Å². The first kappa shape index (κ1) is 17.4. The van der Waals surface area contributed by atoms with Crippen LogP contribution in [-0.4, -0.2) is 16.9 Å². The van der Waals surface area contributed by atoms with Gasteiger partial charge in [0.1, 0.15) is 11.4 Å². The van der Waals surface area contributed by atoms with Gasteiger partial charge < -0.3 is 15.8 Å². The summed E-state index contributed by atoms with van der Waals surface area (Å²) in [4.78, 5) is 16.9. The van der Waals surface area contributed by atoms with Crippen molar-refractivity contribution < 1.29 is 9.53 Å². The van der Waals surface area contributed by atoms with E-state index in [1.807, 2.05) is 38.1 Å². The molecule has 1 aliphatic rings. The lowest BCUT2D eigenvalue weighted by Crippen LogP contribution is -2.34. The molecule has 1 aliphatic carbocycles. The normalized spacial score (nSPS) is 20.1. The number of carbonyl (C=O) groups is 1. The van der Waals surface area contributed by atoms with Crippen molar-refractivity contribution in [3.8, 4) is 11.6 Å². The second-order valence-electron chi connectivity index (χ2n) is 6.77. The molecule has 0 aliphatic heterocycles. The third-order valence-electron chi connectivity index (χ3n) is 4.88. The van der Waals surface area contributed by atoms with Crippen LogP contribution in [0.2, 0.25) is 0 Å². The highest BCUT2D eigenvalue weighted by Gasteiger charge is 2.26. The van der Waals surface area contributed by atoms with Gasteiger partial charge in [-0.25, -0.2) is 4.98 Å². The Morgan fingerprint density at radius 1 is 1.24 bits per heavy atom. The van der Waals surface area contributed by atoms with Crippen LogP contribution in [0, 0.1) is 19.8 Å². The highest BCUT2D eigenvalue weighted by Crippen LogP contribution is 2.31. The van der Waals surface area contributed by atoms with Crippen LogP contribution in [0.4, 0.5) is 5.69 Å². The quantitative estimate of drug-likeness (QED) is 0.884. The van der Waals surface area contributed by atoms with Gasteiger partial charge in [0.2, 0.25) is 11.8 Å². The smallest absolute Gasteiger partial charge is 0.243 e. The SMILES string of the molecule is Cc1cccc(Oc2ncccc2NC(=O)C2CCCC(N)C2)c1C. The highest BCUT2D eigenvalue weighted by molar-refractivity contribution is 5.93. The maximum Gasteiger partial charge on any atom is 0.243 e. The van der Waals surface area contributed by atoms with Crippen molar-refractivity contribution in [1.29, 1.82) is 0 Å². The maximum absolute atomic E-state index is 12.6. The Kier molecular flexibility index (Phi) is 5.34. The molecule has 1 fully saturated rings. The zero-order chi connectivity index (χ0) is 17.8. The number of rotatable bonds is 4. The molecule has 0 spiro atoms. The van der Waals surface area contributed by atoms with Crippen LogP contribution in [0.3, 0.4) is 0 Å². The number of amides is 1. The minimum atomic E-state index is -0.0440. The Bertz CT molecular complexity index is 760. The Morgan fingerprint density at radius 3 is 2.88 bits per heavy atom. The number of benzene rings is 1. The van der Waals surface area contributed by atoms with Crippen molar-refractivity contribution in [2.24, 2.45) is 11.7 Å². The van der Waals surface area contributed by atoms with Crippen LogP contribution < -0.4 is 15.8 Å². The van der Waals surface area contributed by atoms with E-state index in [1.165, 1.54) is 0 Å². The summed E-state index contributed by atoms with van der Waals surface area (Å²) in [6, 6.07) is 9.61. The van der Waals surface area contributed by atoms with E-state index >= 15 is 0 Å². The number of nitrogens with one attached hydrogen (secondary N) is 1. The molecule has 1 amide bonds. The number of nitrogens with two attached hydrogens (primary N) is 1. The van der Waals surface area contributed by atoms with E-state index in [1.54, 1.807) is 12.3 Å². The average molecular weight is 339 g/mol. The van der Waals surface area contributed by atoms with Crippen molar-refractivity contribution in [2.45, 2.75) is 45.6 Å². The van der Waals surface area contributed by atoms with E-state index in [4.69, 9.17) is 10.5 Å². The topological polar surface area (TPSA) is 77.2 Å². The van der Waals surface area contributed by atoms with E-state index in [0.29, 0.717) is 11.6 Å². The number of hydrogen-bond donors (Lipinski definition) is 2. The third-order valence-corrected chi connectivity index (χ3v) is 4.88. The van der Waals surface area contributed by atoms with Gasteiger partial charge in [-0.05, 0) is 62.4 Å². The number of aryl methyl sites for hydroxylation is 1. The lowest BCUT2D eigenvalue weighted by atomic mass is 9.85. The van der Waals surface area contributed by atoms with Crippen molar-refractivity contribution in [3.63, 3.8) is 0 Å². The molecule has 5 nitrogen and oxygen atoms in total. The fourth-order valence-electron chi connectivity index (χ4n) is 3.21. The van der Waals surface area contributed by atoms with Gasteiger partial charge in [-0.1, -0.05) is 18.6 Å². The summed E-state index contributed by atoms with van der Waals surface area (Å²) in [5.41, 5.74) is 8.80. The monoisotopic (exact) mass is 339 g/mol. The third kappa shape index (κ3) is 4.17. The first-order valence-electron chi connectivity index (χ1n) is 8.80. The van der Waals surface area contributed by atoms with Gasteiger partial charge in [0.25, 0.3) is 0 Å². The lowest BCUT2D eigenvalue weighted by Gasteiger charge is -2.25. The molecule has 0 bridgehead atoms. The lowest BCUT2D eigenvalue weighted by molar-refractivity contribution is -0.120. The fourth-order valence-corrected chi connectivity index (χ4v) is 3.21. The Morgan fingerprint density at radius 2 is 2.08 bits per heavy atom. The van der Waals surface area contributed by atoms with Crippen LogP contribution in [0.25, 0.3) is 0 Å². The molecule has 5 heteroatoms. The van der Waals surface area contributed by atoms with Gasteiger partial charge in [-0.2, -0.15) is 0 Å². The van der Waals surface area contributed by atoms with Crippen molar-refractivity contribution in [2.75, 3.05) is 5.32 Å². The molecule has 132 valence electrons. The zero-order valence-electron chi connectivity index (χ0n) is 14.8. The molecule has 2 atom stereocenters. The Hall–Kier alpha value is -2.40. The Labute approximate surface area is 148 Å². The summed E-state index contributed by atoms with van der Waals surface area (Å²) in [5, 5.41) is 2.97. The summed E-state index contributed by atoms with van der Waals surface area (Å²) in [6.07, 6.45) is 5.27. The maximum atomic E-state index is 12.6. The molecule has 1 heterocycles. The van der Waals surface area contributed by atoms with Gasteiger partial charge in [0.05, 0.1) is 0 Å². The Balaban J connectivity index is 1.77. The van der Waals surface area contributed by atoms with Crippen molar-refractivity contribution in [3.05, 3.63) is 47.7 Å². The summed E-state index contributed by atoms with van der Waals surface area (Å²) < 4.78 is 5.98. The molecule has 1 aromatic heterocycles. The summed E-state index contributed by atoms with van der Waals surface area (Å²) in [5.74, 6) is 1.10. The standard InChI is InChI=1S/C20H25N3O2/c1-13-6-3-10-18(14(13)2)25-20-17(9-5-11-22-20)23-19(24)15-7-4-8-16(21)12-15/h3,5-6,9-11,15-16H,4,7-8,12,21H2,1-2H3,(H,23,24). The number of pyridine rings is 1. The molecule has 1 saturated carbocycles. The molecule has 0 saturated heterocycles. The first-order chi connectivity index (χ1) is 12.0. The van der Waals surface area contributed by atoms with E-state index in [2.05, 4.69) is 10.3 Å². The number of hydrogen-bond acceptors (Lipinski definition) is 4. The molecule has 0 radical (unpaired) electrons. The molecular formula is C20H25N3O2. The highest BCUT2D eigenvalue weighted by atomic mass is 16.5. The molecule has 25 heavy (non-hydrogen) atoms. The number of aromatic nitrogens is 1. The molecule has 1 aromatic carbocycles. The van der Waals surface area contributed by atoms with E-state index < -0.39 is 0 Å². The fraction of sp³-hybridized carbons (Fsp3) is 0.400. The second-order valence-corrected chi connectivity index (χ2v) is 6.77. The molecular weight excluding hydrogens is 314 g/mol. The van der Waals surface area contributed by atoms with E-state index in [0.717, 1.165) is 42.6 Å². The van der Waals surface area contributed by atoms with Crippen LogP contribution in [0.15, 0.2) is 36.5 Å². The number of carbonyl (C=O) groups excluding carboxylic acids is 1.